The minimum atomic E-state index is -4.11. The molecule has 0 radical (unpaired) electrons. The average Bonchev–Trinajstić information content (AvgIpc) is 2.83. The number of aryl methyl sites for hydroxylation is 1. The number of amides is 2. The summed E-state index contributed by atoms with van der Waals surface area (Å²) in [5.41, 5.74) is 1.54. The Labute approximate surface area is 210 Å². The van der Waals surface area contributed by atoms with Crippen LogP contribution in [0.3, 0.4) is 0 Å². The molecule has 35 heavy (non-hydrogen) atoms. The maximum atomic E-state index is 13.9. The third-order valence-corrected chi connectivity index (χ3v) is 8.08. The van der Waals surface area contributed by atoms with Crippen LogP contribution in [0.5, 0.6) is 5.75 Å². The van der Waals surface area contributed by atoms with E-state index < -0.39 is 16.1 Å². The molecule has 0 spiro atoms. The van der Waals surface area contributed by atoms with Gasteiger partial charge in [0, 0.05) is 37.2 Å². The summed E-state index contributed by atoms with van der Waals surface area (Å²) < 4.78 is 34.2. The second kappa shape index (κ2) is 9.75. The normalized spacial score (nSPS) is 18.3. The van der Waals surface area contributed by atoms with Crippen LogP contribution in [0.4, 0.5) is 0 Å². The molecule has 10 heteroatoms. The molecule has 2 aromatic rings. The fourth-order valence-corrected chi connectivity index (χ4v) is 6.11. The molecule has 0 saturated carbocycles. The van der Waals surface area contributed by atoms with Crippen molar-refractivity contribution in [2.24, 2.45) is 0 Å². The number of halogens is 1. The van der Waals surface area contributed by atoms with Gasteiger partial charge in [0.15, 0.2) is 0 Å². The molecule has 8 nitrogen and oxygen atoms in total. The Hall–Kier alpha value is -3.30. The zero-order valence-electron chi connectivity index (χ0n) is 19.5. The highest BCUT2D eigenvalue weighted by Gasteiger charge is 2.46. The molecule has 184 valence electrons. The van der Waals surface area contributed by atoms with Crippen LogP contribution in [-0.2, 0) is 26.0 Å². The number of rotatable bonds is 7. The van der Waals surface area contributed by atoms with E-state index in [-0.39, 0.29) is 54.2 Å². The third-order valence-electron chi connectivity index (χ3n) is 6.01. The number of sulfonamides is 1. The number of ether oxygens (including phenoxy) is 1. The summed E-state index contributed by atoms with van der Waals surface area (Å²) in [7, 11) is -2.71. The Morgan fingerprint density at radius 1 is 1.17 bits per heavy atom. The standard InChI is InChI=1S/C25H26ClN3O5S/c1-4-12-27-16-23-28(35(32,33)22-14-17(2)5-10-21(22)34-3)13-11-24(30)29(23)20(25(27)31)15-18-6-8-19(26)9-7-18/h4-10,14,16,20H,1,11-13,15H2,2-3H3. The van der Waals surface area contributed by atoms with Gasteiger partial charge in [-0.2, -0.15) is 0 Å². The van der Waals surface area contributed by atoms with Gasteiger partial charge >= 0.3 is 0 Å². The van der Waals surface area contributed by atoms with Crippen molar-refractivity contribution in [3.05, 3.63) is 83.3 Å². The fourth-order valence-electron chi connectivity index (χ4n) is 4.30. The van der Waals surface area contributed by atoms with Crippen molar-refractivity contribution in [2.75, 3.05) is 20.2 Å². The van der Waals surface area contributed by atoms with Gasteiger partial charge in [-0.15, -0.1) is 6.58 Å². The van der Waals surface area contributed by atoms with Crippen LogP contribution in [0.2, 0.25) is 5.02 Å². The van der Waals surface area contributed by atoms with Crippen LogP contribution in [0.1, 0.15) is 17.5 Å². The molecule has 2 aliphatic rings. The quantitative estimate of drug-likeness (QED) is 0.528. The topological polar surface area (TPSA) is 87.2 Å². The van der Waals surface area contributed by atoms with Gasteiger partial charge in [-0.3, -0.25) is 14.5 Å². The Bertz CT molecular complexity index is 1310. The summed E-state index contributed by atoms with van der Waals surface area (Å²) in [6, 6.07) is 11.0. The molecular formula is C25H26ClN3O5S. The summed E-state index contributed by atoms with van der Waals surface area (Å²) in [6.45, 7) is 5.62. The SMILES string of the molecule is C=CCN1C=C2N(C(=O)CCN2S(=O)(=O)c2cc(C)ccc2OC)C(Cc2ccc(Cl)cc2)C1=O. The number of benzene rings is 2. The highest BCUT2D eigenvalue weighted by Crippen LogP contribution is 2.36. The van der Waals surface area contributed by atoms with Gasteiger partial charge in [-0.25, -0.2) is 12.7 Å². The fraction of sp³-hybridized carbons (Fsp3) is 0.280. The van der Waals surface area contributed by atoms with Crippen molar-refractivity contribution in [3.8, 4) is 5.75 Å². The number of methoxy groups -OCH3 is 1. The van der Waals surface area contributed by atoms with Crippen molar-refractivity contribution < 1.29 is 22.7 Å². The third kappa shape index (κ3) is 4.66. The molecule has 2 aliphatic heterocycles. The summed E-state index contributed by atoms with van der Waals surface area (Å²) in [5.74, 6) is -0.300. The predicted octanol–water partition coefficient (Wildman–Crippen LogP) is 3.32. The Morgan fingerprint density at radius 3 is 2.54 bits per heavy atom. The Balaban J connectivity index is 1.81. The van der Waals surface area contributed by atoms with Gasteiger partial charge in [0.05, 0.1) is 7.11 Å². The number of carbonyl (C=O) groups excluding carboxylic acids is 2. The first-order valence-corrected chi connectivity index (χ1v) is 12.9. The smallest absolute Gasteiger partial charge is 0.269 e. The molecule has 2 aromatic carbocycles. The lowest BCUT2D eigenvalue weighted by Gasteiger charge is -2.46. The van der Waals surface area contributed by atoms with Crippen molar-refractivity contribution in [1.29, 1.82) is 0 Å². The number of nitrogens with zero attached hydrogens (tertiary/aromatic N) is 3. The number of hydrogen-bond acceptors (Lipinski definition) is 5. The van der Waals surface area contributed by atoms with Crippen LogP contribution in [0.15, 0.2) is 72.0 Å². The van der Waals surface area contributed by atoms with Gasteiger partial charge in [0.1, 0.15) is 22.5 Å². The van der Waals surface area contributed by atoms with Crippen LogP contribution in [-0.4, -0.2) is 60.6 Å². The van der Waals surface area contributed by atoms with E-state index in [9.17, 15) is 18.0 Å². The van der Waals surface area contributed by atoms with Crippen LogP contribution in [0.25, 0.3) is 0 Å². The maximum Gasteiger partial charge on any atom is 0.269 e. The molecule has 0 aliphatic carbocycles. The summed E-state index contributed by atoms with van der Waals surface area (Å²) in [6.07, 6.45) is 3.11. The second-order valence-corrected chi connectivity index (χ2v) is 10.6. The van der Waals surface area contributed by atoms with Crippen LogP contribution in [0, 0.1) is 6.92 Å². The van der Waals surface area contributed by atoms with E-state index in [0.29, 0.717) is 5.02 Å². The number of hydrogen-bond donors (Lipinski definition) is 0. The van der Waals surface area contributed by atoms with E-state index in [0.717, 1.165) is 11.1 Å². The van der Waals surface area contributed by atoms with E-state index in [1.165, 1.54) is 33.5 Å². The van der Waals surface area contributed by atoms with Crippen LogP contribution < -0.4 is 4.74 Å². The van der Waals surface area contributed by atoms with Gasteiger partial charge < -0.3 is 9.64 Å². The molecule has 2 amide bonds. The first-order chi connectivity index (χ1) is 16.7. The first-order valence-electron chi connectivity index (χ1n) is 11.0. The molecule has 0 aromatic heterocycles. The molecule has 1 fully saturated rings. The van der Waals surface area contributed by atoms with Crippen molar-refractivity contribution in [2.45, 2.75) is 30.7 Å². The first kappa shape index (κ1) is 24.8. The van der Waals surface area contributed by atoms with Crippen molar-refractivity contribution in [3.63, 3.8) is 0 Å². The van der Waals surface area contributed by atoms with Gasteiger partial charge in [0.2, 0.25) is 5.91 Å². The molecule has 2 heterocycles. The largest absolute Gasteiger partial charge is 0.495 e. The molecule has 1 unspecified atom stereocenters. The van der Waals surface area contributed by atoms with Crippen LogP contribution >= 0.6 is 11.6 Å². The summed E-state index contributed by atoms with van der Waals surface area (Å²) in [5, 5.41) is 0.552. The van der Waals surface area contributed by atoms with Gasteiger partial charge in [-0.1, -0.05) is 35.9 Å². The summed E-state index contributed by atoms with van der Waals surface area (Å²) in [4.78, 5) is 29.2. The van der Waals surface area contributed by atoms with E-state index in [2.05, 4.69) is 6.58 Å². The lowest BCUT2D eigenvalue weighted by molar-refractivity contribution is -0.147. The molecule has 0 bridgehead atoms. The van der Waals surface area contributed by atoms with E-state index in [1.807, 2.05) is 0 Å². The predicted molar refractivity (Wildman–Crippen MR) is 132 cm³/mol. The molecule has 4 rings (SSSR count). The van der Waals surface area contributed by atoms with E-state index in [1.54, 1.807) is 49.4 Å². The maximum absolute atomic E-state index is 13.9. The highest BCUT2D eigenvalue weighted by molar-refractivity contribution is 7.89. The summed E-state index contributed by atoms with van der Waals surface area (Å²) >= 11 is 6.00. The molecule has 1 saturated heterocycles. The average molecular weight is 516 g/mol. The number of carbonyl (C=O) groups is 2. The van der Waals surface area contributed by atoms with Crippen molar-refractivity contribution in [1.82, 2.24) is 14.1 Å². The zero-order chi connectivity index (χ0) is 25.3. The van der Waals surface area contributed by atoms with Gasteiger partial charge in [-0.05, 0) is 42.3 Å². The second-order valence-electron chi connectivity index (χ2n) is 8.36. The number of fused-ring (bicyclic) bond motifs is 1. The minimum Gasteiger partial charge on any atom is -0.495 e. The van der Waals surface area contributed by atoms with Gasteiger partial charge in [0.25, 0.3) is 15.9 Å². The van der Waals surface area contributed by atoms with E-state index in [4.69, 9.17) is 16.3 Å². The molecule has 0 N–H and O–H groups in total. The lowest BCUT2D eigenvalue weighted by atomic mass is 10.0. The molecular weight excluding hydrogens is 490 g/mol. The molecule has 1 atom stereocenters. The Morgan fingerprint density at radius 2 is 1.89 bits per heavy atom. The van der Waals surface area contributed by atoms with Crippen molar-refractivity contribution >= 4 is 33.4 Å². The zero-order valence-corrected chi connectivity index (χ0v) is 21.1. The minimum absolute atomic E-state index is 0.00313. The van der Waals surface area contributed by atoms with E-state index >= 15 is 0 Å². The Kier molecular flexibility index (Phi) is 6.91. The monoisotopic (exact) mass is 515 g/mol. The highest BCUT2D eigenvalue weighted by atomic mass is 35.5. The lowest BCUT2D eigenvalue weighted by Crippen LogP contribution is -2.60.